The average molecular weight is 209 g/mol. The van der Waals surface area contributed by atoms with E-state index in [1.54, 1.807) is 0 Å². The minimum atomic E-state index is 0.151. The Labute approximate surface area is 90.8 Å². The van der Waals surface area contributed by atoms with Crippen LogP contribution in [0.5, 0.6) is 0 Å². The molecule has 1 unspecified atom stereocenters. The summed E-state index contributed by atoms with van der Waals surface area (Å²) in [5.41, 5.74) is 0. The normalized spacial score (nSPS) is 34.3. The van der Waals surface area contributed by atoms with Gasteiger partial charge in [-0.2, -0.15) is 0 Å². The summed E-state index contributed by atoms with van der Waals surface area (Å²) in [6.45, 7) is 5.13. The van der Waals surface area contributed by atoms with Gasteiger partial charge in [0.05, 0.1) is 0 Å². The van der Waals surface area contributed by atoms with E-state index in [0.29, 0.717) is 11.9 Å². The fraction of sp³-hybridized carbons (Fsp3) is 0.909. The fourth-order valence-electron chi connectivity index (χ4n) is 2.75. The molecule has 0 aromatic rings. The first-order valence-electron chi connectivity index (χ1n) is 5.99. The van der Waals surface area contributed by atoms with Crippen LogP contribution in [0.15, 0.2) is 0 Å². The molecule has 0 radical (unpaired) electrons. The van der Waals surface area contributed by atoms with Crippen molar-refractivity contribution >= 4 is 5.91 Å². The third-order valence-corrected chi connectivity index (χ3v) is 3.88. The van der Waals surface area contributed by atoms with E-state index in [0.717, 1.165) is 32.7 Å². The maximum atomic E-state index is 12.2. The summed E-state index contributed by atoms with van der Waals surface area (Å²) in [6, 6.07) is 0.741. The van der Waals surface area contributed by atoms with Crippen LogP contribution in [0.1, 0.15) is 12.8 Å². The molecule has 84 valence electrons. The molecule has 3 rings (SSSR count). The van der Waals surface area contributed by atoms with Gasteiger partial charge in [-0.25, -0.2) is 0 Å². The molecule has 4 heteroatoms. The van der Waals surface area contributed by atoms with E-state index in [4.69, 9.17) is 0 Å². The molecule has 3 fully saturated rings. The van der Waals surface area contributed by atoms with Crippen molar-refractivity contribution in [2.45, 2.75) is 24.9 Å². The van der Waals surface area contributed by atoms with Crippen LogP contribution < -0.4 is 0 Å². The molecule has 3 aliphatic rings. The monoisotopic (exact) mass is 209 g/mol. The highest BCUT2D eigenvalue weighted by Crippen LogP contribution is 2.30. The molecular weight excluding hydrogens is 190 g/mol. The van der Waals surface area contributed by atoms with Crippen molar-refractivity contribution in [1.29, 1.82) is 0 Å². The Kier molecular flexibility index (Phi) is 2.21. The number of hydrogen-bond donors (Lipinski definition) is 0. The molecule has 0 aromatic carbocycles. The summed E-state index contributed by atoms with van der Waals surface area (Å²) in [7, 11) is 2.11. The van der Waals surface area contributed by atoms with Crippen LogP contribution in [0.3, 0.4) is 0 Å². The number of likely N-dealkylation sites (N-methyl/N-ethyl adjacent to an activating group) is 1. The Balaban J connectivity index is 1.73. The van der Waals surface area contributed by atoms with Crippen molar-refractivity contribution in [3.63, 3.8) is 0 Å². The zero-order valence-corrected chi connectivity index (χ0v) is 9.35. The minimum absolute atomic E-state index is 0.151. The molecule has 0 aromatic heterocycles. The number of rotatable bonds is 1. The Morgan fingerprint density at radius 3 is 2.60 bits per heavy atom. The number of carbonyl (C=O) groups is 1. The number of carbonyl (C=O) groups excluding carboxylic acids is 1. The van der Waals surface area contributed by atoms with E-state index in [9.17, 15) is 4.79 Å². The van der Waals surface area contributed by atoms with Crippen LogP contribution in [0.25, 0.3) is 0 Å². The van der Waals surface area contributed by atoms with E-state index in [-0.39, 0.29) is 6.04 Å². The van der Waals surface area contributed by atoms with Crippen molar-refractivity contribution in [3.05, 3.63) is 0 Å². The largest absolute Gasteiger partial charge is 0.337 e. The standard InChI is InChI=1S/C11H19N3O/c1-12-4-5-13-6-7-14(9-2-3-9)11(15)10(13)8-12/h9-10H,2-8H2,1H3. The van der Waals surface area contributed by atoms with Crippen molar-refractivity contribution in [2.24, 2.45) is 0 Å². The topological polar surface area (TPSA) is 26.8 Å². The SMILES string of the molecule is CN1CCN2CCN(C3CC3)C(=O)C2C1. The van der Waals surface area contributed by atoms with E-state index < -0.39 is 0 Å². The third kappa shape index (κ3) is 1.66. The van der Waals surface area contributed by atoms with Gasteiger partial charge in [0.15, 0.2) is 0 Å². The highest BCUT2D eigenvalue weighted by molar-refractivity contribution is 5.83. The molecule has 4 nitrogen and oxygen atoms in total. The van der Waals surface area contributed by atoms with Gasteiger partial charge in [-0.15, -0.1) is 0 Å². The minimum Gasteiger partial charge on any atom is -0.337 e. The van der Waals surface area contributed by atoms with Crippen molar-refractivity contribution in [2.75, 3.05) is 39.8 Å². The summed E-state index contributed by atoms with van der Waals surface area (Å²) in [5.74, 6) is 0.385. The van der Waals surface area contributed by atoms with Gasteiger partial charge in [-0.05, 0) is 19.9 Å². The lowest BCUT2D eigenvalue weighted by Gasteiger charge is -2.45. The highest BCUT2D eigenvalue weighted by atomic mass is 16.2. The number of piperazine rings is 2. The predicted octanol–water partition coefficient (Wildman–Crippen LogP) is -0.393. The maximum Gasteiger partial charge on any atom is 0.241 e. The first kappa shape index (κ1) is 9.60. The van der Waals surface area contributed by atoms with Gasteiger partial charge in [-0.1, -0.05) is 0 Å². The fourth-order valence-corrected chi connectivity index (χ4v) is 2.75. The zero-order chi connectivity index (χ0) is 10.4. The van der Waals surface area contributed by atoms with Gasteiger partial charge >= 0.3 is 0 Å². The third-order valence-electron chi connectivity index (χ3n) is 3.88. The van der Waals surface area contributed by atoms with Gasteiger partial charge in [-0.3, -0.25) is 9.69 Å². The van der Waals surface area contributed by atoms with E-state index >= 15 is 0 Å². The van der Waals surface area contributed by atoms with Crippen LogP contribution in [0.2, 0.25) is 0 Å². The summed E-state index contributed by atoms with van der Waals surface area (Å²) in [5, 5.41) is 0. The lowest BCUT2D eigenvalue weighted by Crippen LogP contribution is -2.64. The summed E-state index contributed by atoms with van der Waals surface area (Å²) >= 11 is 0. The molecule has 1 saturated carbocycles. The number of hydrogen-bond acceptors (Lipinski definition) is 3. The summed E-state index contributed by atoms with van der Waals surface area (Å²) < 4.78 is 0. The van der Waals surface area contributed by atoms with Crippen LogP contribution >= 0.6 is 0 Å². The highest BCUT2D eigenvalue weighted by Gasteiger charge is 2.42. The van der Waals surface area contributed by atoms with Crippen molar-refractivity contribution < 1.29 is 4.79 Å². The molecular formula is C11H19N3O. The van der Waals surface area contributed by atoms with E-state index in [1.807, 2.05) is 0 Å². The van der Waals surface area contributed by atoms with E-state index in [2.05, 4.69) is 21.7 Å². The van der Waals surface area contributed by atoms with Crippen molar-refractivity contribution in [3.8, 4) is 0 Å². The lowest BCUT2D eigenvalue weighted by atomic mass is 10.1. The Hall–Kier alpha value is -0.610. The van der Waals surface area contributed by atoms with Crippen LogP contribution in [0, 0.1) is 0 Å². The summed E-state index contributed by atoms with van der Waals surface area (Å²) in [6.07, 6.45) is 2.46. The van der Waals surface area contributed by atoms with Gasteiger partial charge in [0.1, 0.15) is 6.04 Å². The zero-order valence-electron chi connectivity index (χ0n) is 9.35. The number of nitrogens with zero attached hydrogens (tertiary/aromatic N) is 3. The van der Waals surface area contributed by atoms with Crippen LogP contribution in [0.4, 0.5) is 0 Å². The molecule has 0 N–H and O–H groups in total. The first-order chi connectivity index (χ1) is 7.25. The molecule has 0 spiro atoms. The predicted molar refractivity (Wildman–Crippen MR) is 57.6 cm³/mol. The Morgan fingerprint density at radius 1 is 1.13 bits per heavy atom. The molecule has 1 aliphatic carbocycles. The average Bonchev–Trinajstić information content (AvgIpc) is 3.03. The quantitative estimate of drug-likeness (QED) is 0.588. The molecule has 2 aliphatic heterocycles. The second-order valence-corrected chi connectivity index (χ2v) is 5.08. The van der Waals surface area contributed by atoms with Crippen LogP contribution in [-0.4, -0.2) is 72.5 Å². The number of fused-ring (bicyclic) bond motifs is 1. The van der Waals surface area contributed by atoms with E-state index in [1.165, 1.54) is 12.8 Å². The smallest absolute Gasteiger partial charge is 0.241 e. The molecule has 1 amide bonds. The second-order valence-electron chi connectivity index (χ2n) is 5.08. The Morgan fingerprint density at radius 2 is 1.87 bits per heavy atom. The van der Waals surface area contributed by atoms with Gasteiger partial charge in [0.25, 0.3) is 0 Å². The molecule has 0 bridgehead atoms. The number of amides is 1. The second kappa shape index (κ2) is 3.46. The first-order valence-corrected chi connectivity index (χ1v) is 5.99. The van der Waals surface area contributed by atoms with Crippen LogP contribution in [-0.2, 0) is 4.79 Å². The molecule has 2 saturated heterocycles. The Bertz CT molecular complexity index is 277. The van der Waals surface area contributed by atoms with Crippen molar-refractivity contribution in [1.82, 2.24) is 14.7 Å². The maximum absolute atomic E-state index is 12.2. The van der Waals surface area contributed by atoms with Gasteiger partial charge in [0.2, 0.25) is 5.91 Å². The molecule has 15 heavy (non-hydrogen) atoms. The summed E-state index contributed by atoms with van der Waals surface area (Å²) in [4.78, 5) is 19.0. The molecule has 1 atom stereocenters. The lowest BCUT2D eigenvalue weighted by molar-refractivity contribution is -0.145. The van der Waals surface area contributed by atoms with Gasteiger partial charge in [0, 0.05) is 38.8 Å². The van der Waals surface area contributed by atoms with Gasteiger partial charge < -0.3 is 9.80 Å². The molecule has 2 heterocycles.